The molecule has 0 aromatic carbocycles. The molecule has 2 aromatic heterocycles. The van der Waals surface area contributed by atoms with Crippen molar-refractivity contribution < 1.29 is 33.4 Å². The van der Waals surface area contributed by atoms with E-state index >= 15 is 0 Å². The van der Waals surface area contributed by atoms with E-state index in [2.05, 4.69) is 20.6 Å². The van der Waals surface area contributed by atoms with Crippen LogP contribution in [0.1, 0.15) is 95.5 Å². The molecule has 0 unspecified atom stereocenters. The van der Waals surface area contributed by atoms with Crippen molar-refractivity contribution in [1.82, 2.24) is 20.2 Å². The summed E-state index contributed by atoms with van der Waals surface area (Å²) in [7, 11) is 0. The molecule has 5 rings (SSSR count). The summed E-state index contributed by atoms with van der Waals surface area (Å²) in [4.78, 5) is 60.7. The standard InChI is InChI=1S/C33H46FN5O6/c1-33(2,3)45-32(44)37-26(18-34)20-9-11-21(12-10-20)30(41)39-16-15-22(19-7-5-4-6-8-19)28(39)29(40)38-27-14-13-23-24(36-27)17-25(35-23)31(42)43/h13-14,17,19-22,26,28,35H,4-12,15-16,18H2,1-3H3,(H,37,44)(H,42,43)(H,36,38,40)/t20-,21-,22-,26+,28-/m0/s1. The molecule has 3 heterocycles. The Balaban J connectivity index is 1.27. The molecule has 4 N–H and O–H groups in total. The van der Waals surface area contributed by atoms with Gasteiger partial charge in [0.2, 0.25) is 11.8 Å². The fraction of sp³-hybridized carbons (Fsp3) is 0.667. The largest absolute Gasteiger partial charge is 0.477 e. The number of alkyl carbamates (subject to hydrolysis) is 1. The molecule has 45 heavy (non-hydrogen) atoms. The number of halogens is 1. The number of aromatic carboxylic acids is 1. The van der Waals surface area contributed by atoms with Crippen LogP contribution in [0.5, 0.6) is 0 Å². The molecule has 11 nitrogen and oxygen atoms in total. The van der Waals surface area contributed by atoms with Crippen LogP contribution in [0.25, 0.3) is 11.0 Å². The van der Waals surface area contributed by atoms with Gasteiger partial charge in [0.05, 0.1) is 17.1 Å². The normalized spacial score (nSPS) is 25.1. The minimum atomic E-state index is -1.09. The maximum absolute atomic E-state index is 14.0. The molecule has 3 amide bonds. The lowest BCUT2D eigenvalue weighted by molar-refractivity contribution is -0.142. The number of likely N-dealkylation sites (tertiary alicyclic amines) is 1. The van der Waals surface area contributed by atoms with Gasteiger partial charge < -0.3 is 30.4 Å². The number of amides is 3. The summed E-state index contributed by atoms with van der Waals surface area (Å²) in [6, 6.07) is 3.45. The first-order valence-electron chi connectivity index (χ1n) is 16.3. The number of rotatable bonds is 8. The number of carboxylic acids is 1. The zero-order valence-electron chi connectivity index (χ0n) is 26.4. The summed E-state index contributed by atoms with van der Waals surface area (Å²) in [5.74, 6) is -1.06. The Hall–Kier alpha value is -3.70. The quantitative estimate of drug-likeness (QED) is 0.294. The Bertz CT molecular complexity index is 1390. The van der Waals surface area contributed by atoms with Crippen molar-refractivity contribution in [2.75, 3.05) is 18.5 Å². The SMILES string of the molecule is CC(C)(C)OC(=O)N[C@H](CF)[C@H]1CC[C@H](C(=O)N2CC[C@@H](C3CCCCC3)[C@H]2C(=O)Nc2ccc3[nH]c(C(=O)O)cc3n2)CC1. The second kappa shape index (κ2) is 13.7. The Kier molecular flexibility index (Phi) is 9.98. The van der Waals surface area contributed by atoms with Crippen LogP contribution in [0, 0.1) is 23.7 Å². The first kappa shape index (κ1) is 32.7. The molecular weight excluding hydrogens is 581 g/mol. The van der Waals surface area contributed by atoms with E-state index in [0.717, 1.165) is 32.1 Å². The van der Waals surface area contributed by atoms with Crippen LogP contribution >= 0.6 is 0 Å². The van der Waals surface area contributed by atoms with E-state index in [1.165, 1.54) is 12.5 Å². The van der Waals surface area contributed by atoms with Gasteiger partial charge in [-0.05, 0) is 88.8 Å². The zero-order chi connectivity index (χ0) is 32.3. The molecular formula is C33H46FN5O6. The van der Waals surface area contributed by atoms with E-state index in [1.807, 2.05) is 0 Å². The van der Waals surface area contributed by atoms with Gasteiger partial charge in [0, 0.05) is 12.5 Å². The molecule has 0 radical (unpaired) electrons. The van der Waals surface area contributed by atoms with Crippen LogP contribution in [0.2, 0.25) is 0 Å². The second-order valence-corrected chi connectivity index (χ2v) is 14.0. The van der Waals surface area contributed by atoms with E-state index < -0.39 is 36.4 Å². The highest BCUT2D eigenvalue weighted by Crippen LogP contribution is 2.41. The lowest BCUT2D eigenvalue weighted by Gasteiger charge is -2.37. The van der Waals surface area contributed by atoms with Gasteiger partial charge in [-0.1, -0.05) is 32.1 Å². The average Bonchev–Trinajstić information content (AvgIpc) is 3.64. The van der Waals surface area contributed by atoms with Gasteiger partial charge in [0.25, 0.3) is 0 Å². The van der Waals surface area contributed by atoms with E-state index in [1.54, 1.807) is 37.8 Å². The highest BCUT2D eigenvalue weighted by Gasteiger charge is 2.47. The van der Waals surface area contributed by atoms with Gasteiger partial charge in [-0.15, -0.1) is 0 Å². The second-order valence-electron chi connectivity index (χ2n) is 14.0. The molecule has 3 fully saturated rings. The molecule has 12 heteroatoms. The predicted molar refractivity (Wildman–Crippen MR) is 166 cm³/mol. The monoisotopic (exact) mass is 627 g/mol. The summed E-state index contributed by atoms with van der Waals surface area (Å²) in [5, 5.41) is 14.9. The molecule has 246 valence electrons. The van der Waals surface area contributed by atoms with Crippen molar-refractivity contribution in [3.05, 3.63) is 23.9 Å². The molecule has 3 atom stereocenters. The Morgan fingerprint density at radius 1 is 1.07 bits per heavy atom. The summed E-state index contributed by atoms with van der Waals surface area (Å²) in [5.41, 5.74) is 0.310. The number of pyridine rings is 1. The number of nitrogens with zero attached hydrogens (tertiary/aromatic N) is 2. The van der Waals surface area contributed by atoms with Crippen LogP contribution in [-0.2, 0) is 14.3 Å². The number of anilines is 1. The number of nitrogens with one attached hydrogen (secondary N) is 3. The number of hydrogen-bond donors (Lipinski definition) is 4. The topological polar surface area (TPSA) is 154 Å². The number of H-pyrrole nitrogens is 1. The minimum Gasteiger partial charge on any atom is -0.477 e. The average molecular weight is 628 g/mol. The van der Waals surface area contributed by atoms with E-state index in [9.17, 15) is 28.7 Å². The van der Waals surface area contributed by atoms with Gasteiger partial charge >= 0.3 is 12.1 Å². The smallest absolute Gasteiger partial charge is 0.407 e. The third-order valence-corrected chi connectivity index (χ3v) is 9.77. The summed E-state index contributed by atoms with van der Waals surface area (Å²) >= 11 is 0. The van der Waals surface area contributed by atoms with E-state index in [0.29, 0.717) is 55.0 Å². The third kappa shape index (κ3) is 7.76. The van der Waals surface area contributed by atoms with Crippen LogP contribution in [0.4, 0.5) is 15.0 Å². The number of ether oxygens (including phenoxy) is 1. The van der Waals surface area contributed by atoms with Crippen molar-refractivity contribution >= 4 is 40.7 Å². The van der Waals surface area contributed by atoms with Gasteiger partial charge in [0.1, 0.15) is 29.8 Å². The maximum Gasteiger partial charge on any atom is 0.407 e. The number of carbonyl (C=O) groups is 4. The minimum absolute atomic E-state index is 0.0130. The molecule has 1 saturated heterocycles. The Morgan fingerprint density at radius 3 is 2.42 bits per heavy atom. The van der Waals surface area contributed by atoms with Gasteiger partial charge in [-0.2, -0.15) is 0 Å². The highest BCUT2D eigenvalue weighted by atomic mass is 19.1. The highest BCUT2D eigenvalue weighted by molar-refractivity contribution is 5.99. The van der Waals surface area contributed by atoms with Crippen LogP contribution in [0.3, 0.4) is 0 Å². The maximum atomic E-state index is 14.0. The van der Waals surface area contributed by atoms with E-state index in [-0.39, 0.29) is 35.3 Å². The first-order valence-corrected chi connectivity index (χ1v) is 16.3. The van der Waals surface area contributed by atoms with E-state index in [4.69, 9.17) is 4.74 Å². The van der Waals surface area contributed by atoms with Crippen molar-refractivity contribution in [3.63, 3.8) is 0 Å². The predicted octanol–water partition coefficient (Wildman–Crippen LogP) is 5.67. The lowest BCUT2D eigenvalue weighted by Crippen LogP contribution is -2.50. The van der Waals surface area contributed by atoms with Crippen molar-refractivity contribution in [1.29, 1.82) is 0 Å². The lowest BCUT2D eigenvalue weighted by atomic mass is 9.76. The molecule has 2 aromatic rings. The van der Waals surface area contributed by atoms with Crippen LogP contribution < -0.4 is 10.6 Å². The van der Waals surface area contributed by atoms with Crippen LogP contribution in [0.15, 0.2) is 18.2 Å². The Labute approximate surface area is 263 Å². The summed E-state index contributed by atoms with van der Waals surface area (Å²) in [6.07, 6.45) is 7.95. The van der Waals surface area contributed by atoms with Crippen LogP contribution in [-0.4, -0.2) is 74.8 Å². The number of aromatic amines is 1. The molecule has 3 aliphatic rings. The van der Waals surface area contributed by atoms with Crippen molar-refractivity contribution in [3.8, 4) is 0 Å². The summed E-state index contributed by atoms with van der Waals surface area (Å²) < 4.78 is 19.3. The Morgan fingerprint density at radius 2 is 1.78 bits per heavy atom. The zero-order valence-corrected chi connectivity index (χ0v) is 26.4. The van der Waals surface area contributed by atoms with Gasteiger partial charge in [-0.25, -0.2) is 19.0 Å². The van der Waals surface area contributed by atoms with Gasteiger partial charge in [-0.3, -0.25) is 9.59 Å². The first-order chi connectivity index (χ1) is 21.4. The fourth-order valence-electron chi connectivity index (χ4n) is 7.59. The number of carbonyl (C=O) groups excluding carboxylic acids is 3. The molecule has 1 aliphatic heterocycles. The molecule has 0 bridgehead atoms. The number of aromatic nitrogens is 2. The molecule has 2 saturated carbocycles. The fourth-order valence-corrected chi connectivity index (χ4v) is 7.59. The third-order valence-electron chi connectivity index (χ3n) is 9.77. The number of carboxylic acid groups (broad SMARTS) is 1. The van der Waals surface area contributed by atoms with Crippen molar-refractivity contribution in [2.24, 2.45) is 23.7 Å². The number of hydrogen-bond acceptors (Lipinski definition) is 6. The number of alkyl halides is 1. The molecule has 0 spiro atoms. The molecule has 2 aliphatic carbocycles. The summed E-state index contributed by atoms with van der Waals surface area (Å²) in [6.45, 7) is 5.07. The number of fused-ring (bicyclic) bond motifs is 1. The van der Waals surface area contributed by atoms with Gasteiger partial charge in [0.15, 0.2) is 0 Å². The van der Waals surface area contributed by atoms with Crippen molar-refractivity contribution in [2.45, 2.75) is 103 Å².